The number of benzene rings is 2. The third kappa shape index (κ3) is 3.92. The van der Waals surface area contributed by atoms with Crippen molar-refractivity contribution in [2.45, 2.75) is 11.8 Å². The van der Waals surface area contributed by atoms with Crippen LogP contribution in [0.4, 0.5) is 5.69 Å². The fourth-order valence-corrected chi connectivity index (χ4v) is 2.77. The van der Waals surface area contributed by atoms with Crippen LogP contribution in [0.5, 0.6) is 0 Å². The topological polar surface area (TPSA) is 63.2 Å². The molecule has 0 aliphatic heterocycles. The summed E-state index contributed by atoms with van der Waals surface area (Å²) >= 11 is 3.31. The minimum absolute atomic E-state index is 0.238. The van der Waals surface area contributed by atoms with Gasteiger partial charge >= 0.3 is 0 Å². The van der Waals surface area contributed by atoms with E-state index in [1.54, 1.807) is 43.3 Å². The molecule has 110 valence electrons. The van der Waals surface area contributed by atoms with E-state index in [2.05, 4.69) is 21.2 Å². The molecule has 0 fully saturated rings. The van der Waals surface area contributed by atoms with Gasteiger partial charge in [0.15, 0.2) is 9.84 Å². The highest BCUT2D eigenvalue weighted by Gasteiger charge is 2.11. The van der Waals surface area contributed by atoms with Gasteiger partial charge in [-0.3, -0.25) is 4.79 Å². The largest absolute Gasteiger partial charge is 0.322 e. The van der Waals surface area contributed by atoms with Gasteiger partial charge in [-0.05, 0) is 55.0 Å². The predicted octanol–water partition coefficient (Wildman–Crippen LogP) is 3.41. The Kier molecular flexibility index (Phi) is 4.49. The third-order valence-corrected chi connectivity index (χ3v) is 4.62. The number of nitrogens with one attached hydrogen (secondary N) is 1. The summed E-state index contributed by atoms with van der Waals surface area (Å²) in [4.78, 5) is 12.4. The molecule has 1 N–H and O–H groups in total. The van der Waals surface area contributed by atoms with Crippen LogP contribution in [0.15, 0.2) is 51.8 Å². The Labute approximate surface area is 132 Å². The van der Waals surface area contributed by atoms with Gasteiger partial charge in [-0.25, -0.2) is 8.42 Å². The number of halogens is 1. The van der Waals surface area contributed by atoms with E-state index in [1.807, 2.05) is 0 Å². The Bertz CT molecular complexity index is 783. The van der Waals surface area contributed by atoms with Crippen LogP contribution in [0.2, 0.25) is 0 Å². The summed E-state index contributed by atoms with van der Waals surface area (Å²) < 4.78 is 23.9. The van der Waals surface area contributed by atoms with Gasteiger partial charge in [0.25, 0.3) is 5.91 Å². The van der Waals surface area contributed by atoms with Crippen molar-refractivity contribution in [2.24, 2.45) is 0 Å². The smallest absolute Gasteiger partial charge is 0.255 e. The maximum absolute atomic E-state index is 12.1. The van der Waals surface area contributed by atoms with Crippen LogP contribution >= 0.6 is 15.9 Å². The molecule has 0 saturated carbocycles. The first-order chi connectivity index (χ1) is 9.77. The van der Waals surface area contributed by atoms with Gasteiger partial charge in [0.2, 0.25) is 0 Å². The summed E-state index contributed by atoms with van der Waals surface area (Å²) in [6.07, 6.45) is 1.15. The molecule has 6 heteroatoms. The van der Waals surface area contributed by atoms with E-state index >= 15 is 0 Å². The average Bonchev–Trinajstić information content (AvgIpc) is 2.40. The molecule has 0 bridgehead atoms. The van der Waals surface area contributed by atoms with Crippen molar-refractivity contribution in [3.05, 3.63) is 58.1 Å². The van der Waals surface area contributed by atoms with E-state index in [0.717, 1.165) is 10.7 Å². The number of carbonyl (C=O) groups is 1. The molecule has 0 radical (unpaired) electrons. The first kappa shape index (κ1) is 15.7. The van der Waals surface area contributed by atoms with E-state index in [1.165, 1.54) is 6.07 Å². The highest BCUT2D eigenvalue weighted by molar-refractivity contribution is 9.10. The van der Waals surface area contributed by atoms with Crippen molar-refractivity contribution in [1.82, 2.24) is 0 Å². The Morgan fingerprint density at radius 3 is 2.24 bits per heavy atom. The molecule has 4 nitrogen and oxygen atoms in total. The monoisotopic (exact) mass is 367 g/mol. The minimum Gasteiger partial charge on any atom is -0.322 e. The lowest BCUT2D eigenvalue weighted by atomic mass is 10.1. The SMILES string of the molecule is Cc1cc(S(C)(=O)=O)ccc1NC(=O)c1ccc(Br)cc1. The van der Waals surface area contributed by atoms with E-state index in [-0.39, 0.29) is 10.8 Å². The second kappa shape index (κ2) is 5.99. The lowest BCUT2D eigenvalue weighted by Gasteiger charge is -2.10. The van der Waals surface area contributed by atoms with Crippen LogP contribution in [0.1, 0.15) is 15.9 Å². The third-order valence-electron chi connectivity index (χ3n) is 2.98. The van der Waals surface area contributed by atoms with Crippen LogP contribution in [0.25, 0.3) is 0 Å². The number of aryl methyl sites for hydroxylation is 1. The molecule has 2 aromatic rings. The zero-order valence-corrected chi connectivity index (χ0v) is 14.0. The molecule has 0 aromatic heterocycles. The Balaban J connectivity index is 2.24. The minimum atomic E-state index is -3.25. The van der Waals surface area contributed by atoms with Crippen molar-refractivity contribution >= 4 is 37.4 Å². The second-order valence-electron chi connectivity index (χ2n) is 4.71. The predicted molar refractivity (Wildman–Crippen MR) is 86.4 cm³/mol. The Morgan fingerprint density at radius 2 is 1.71 bits per heavy atom. The summed E-state index contributed by atoms with van der Waals surface area (Å²) in [5.41, 5.74) is 1.82. The summed E-state index contributed by atoms with van der Waals surface area (Å²) in [6, 6.07) is 11.6. The molecule has 0 unspecified atom stereocenters. The van der Waals surface area contributed by atoms with Crippen molar-refractivity contribution in [3.8, 4) is 0 Å². The number of anilines is 1. The van der Waals surface area contributed by atoms with Gasteiger partial charge in [-0.2, -0.15) is 0 Å². The van der Waals surface area contributed by atoms with Gasteiger partial charge in [-0.15, -0.1) is 0 Å². The quantitative estimate of drug-likeness (QED) is 0.903. The zero-order chi connectivity index (χ0) is 15.6. The van der Waals surface area contributed by atoms with Gasteiger partial charge in [0.1, 0.15) is 0 Å². The van der Waals surface area contributed by atoms with Gasteiger partial charge in [-0.1, -0.05) is 15.9 Å². The second-order valence-corrected chi connectivity index (χ2v) is 7.64. The fourth-order valence-electron chi connectivity index (χ4n) is 1.80. The molecule has 0 saturated heterocycles. The molecular formula is C15H14BrNO3S. The van der Waals surface area contributed by atoms with Gasteiger partial charge in [0, 0.05) is 22.0 Å². The molecule has 0 aliphatic rings. The van der Waals surface area contributed by atoms with Crippen LogP contribution < -0.4 is 5.32 Å². The van der Waals surface area contributed by atoms with Crippen molar-refractivity contribution < 1.29 is 13.2 Å². The molecule has 0 atom stereocenters. The van der Waals surface area contributed by atoms with E-state index in [0.29, 0.717) is 16.8 Å². The van der Waals surface area contributed by atoms with Gasteiger partial charge in [0.05, 0.1) is 4.90 Å². The van der Waals surface area contributed by atoms with E-state index in [4.69, 9.17) is 0 Å². The Hall–Kier alpha value is -1.66. The number of hydrogen-bond acceptors (Lipinski definition) is 3. The summed E-state index contributed by atoms with van der Waals surface area (Å²) in [7, 11) is -3.25. The number of carbonyl (C=O) groups excluding carboxylic acids is 1. The maximum Gasteiger partial charge on any atom is 0.255 e. The van der Waals surface area contributed by atoms with E-state index < -0.39 is 9.84 Å². The zero-order valence-electron chi connectivity index (χ0n) is 11.6. The van der Waals surface area contributed by atoms with Gasteiger partial charge < -0.3 is 5.32 Å². The molecule has 0 heterocycles. The lowest BCUT2D eigenvalue weighted by Crippen LogP contribution is -2.13. The Morgan fingerprint density at radius 1 is 1.10 bits per heavy atom. The standard InChI is InChI=1S/C15H14BrNO3S/c1-10-9-13(21(2,19)20)7-8-14(10)17-15(18)11-3-5-12(16)6-4-11/h3-9H,1-2H3,(H,17,18). The first-order valence-corrected chi connectivity index (χ1v) is 8.83. The molecule has 1 amide bonds. The first-order valence-electron chi connectivity index (χ1n) is 6.15. The van der Waals surface area contributed by atoms with Crippen LogP contribution in [0.3, 0.4) is 0 Å². The van der Waals surface area contributed by atoms with Crippen LogP contribution in [0, 0.1) is 6.92 Å². The molecule has 0 aliphatic carbocycles. The molecule has 21 heavy (non-hydrogen) atoms. The molecule has 0 spiro atoms. The summed E-state index contributed by atoms with van der Waals surface area (Å²) in [6.45, 7) is 1.76. The fraction of sp³-hybridized carbons (Fsp3) is 0.133. The van der Waals surface area contributed by atoms with Crippen molar-refractivity contribution in [3.63, 3.8) is 0 Å². The number of sulfone groups is 1. The molecule has 2 aromatic carbocycles. The maximum atomic E-state index is 12.1. The molecule has 2 rings (SSSR count). The number of hydrogen-bond donors (Lipinski definition) is 1. The highest BCUT2D eigenvalue weighted by Crippen LogP contribution is 2.20. The van der Waals surface area contributed by atoms with Crippen LogP contribution in [-0.2, 0) is 9.84 Å². The van der Waals surface area contributed by atoms with E-state index in [9.17, 15) is 13.2 Å². The van der Waals surface area contributed by atoms with Crippen molar-refractivity contribution in [1.29, 1.82) is 0 Å². The number of amides is 1. The van der Waals surface area contributed by atoms with Crippen molar-refractivity contribution in [2.75, 3.05) is 11.6 Å². The number of rotatable bonds is 3. The normalized spacial score (nSPS) is 11.2. The average molecular weight is 368 g/mol. The summed E-state index contributed by atoms with van der Waals surface area (Å²) in [5, 5.41) is 2.78. The van der Waals surface area contributed by atoms with Crippen LogP contribution in [-0.4, -0.2) is 20.6 Å². The summed E-state index contributed by atoms with van der Waals surface area (Å²) in [5.74, 6) is -0.238. The lowest BCUT2D eigenvalue weighted by molar-refractivity contribution is 0.102. The molecular weight excluding hydrogens is 354 g/mol. The highest BCUT2D eigenvalue weighted by atomic mass is 79.9.